The predicted molar refractivity (Wildman–Crippen MR) is 101 cm³/mol. The van der Waals surface area contributed by atoms with E-state index in [2.05, 4.69) is 31.4 Å². The van der Waals surface area contributed by atoms with Crippen LogP contribution in [0.25, 0.3) is 0 Å². The Labute approximate surface area is 167 Å². The van der Waals surface area contributed by atoms with Gasteiger partial charge in [-0.3, -0.25) is 14.9 Å². The van der Waals surface area contributed by atoms with E-state index in [-0.39, 0.29) is 30.0 Å². The van der Waals surface area contributed by atoms with Gasteiger partial charge in [0.05, 0.1) is 13.0 Å². The zero-order valence-corrected chi connectivity index (χ0v) is 16.3. The SMILES string of the molecule is COc1ccc(N2C[C@@H](c3nnc(NC(=O)c4ccc(Br)o4)o3)CC2=O)cc1. The number of amides is 2. The van der Waals surface area contributed by atoms with Gasteiger partial charge in [0.2, 0.25) is 11.8 Å². The second-order valence-electron chi connectivity index (χ2n) is 6.11. The van der Waals surface area contributed by atoms with Gasteiger partial charge in [0, 0.05) is 18.7 Å². The lowest BCUT2D eigenvalue weighted by atomic mass is 10.1. The molecule has 3 aromatic rings. The molecule has 2 amide bonds. The van der Waals surface area contributed by atoms with Crippen molar-refractivity contribution in [3.05, 3.63) is 52.7 Å². The van der Waals surface area contributed by atoms with Crippen LogP contribution in [0.4, 0.5) is 11.7 Å². The summed E-state index contributed by atoms with van der Waals surface area (Å²) in [5, 5.41) is 10.3. The smallest absolute Gasteiger partial charge is 0.322 e. The number of methoxy groups -OCH3 is 1. The van der Waals surface area contributed by atoms with E-state index in [4.69, 9.17) is 13.6 Å². The summed E-state index contributed by atoms with van der Waals surface area (Å²) >= 11 is 3.13. The molecule has 0 aliphatic carbocycles. The van der Waals surface area contributed by atoms with Crippen molar-refractivity contribution in [1.29, 1.82) is 0 Å². The van der Waals surface area contributed by atoms with Crippen LogP contribution in [-0.4, -0.2) is 35.7 Å². The lowest BCUT2D eigenvalue weighted by Crippen LogP contribution is -2.24. The summed E-state index contributed by atoms with van der Waals surface area (Å²) in [5.41, 5.74) is 0.768. The van der Waals surface area contributed by atoms with Gasteiger partial charge < -0.3 is 18.5 Å². The number of hydrogen-bond acceptors (Lipinski definition) is 7. The third-order valence-corrected chi connectivity index (χ3v) is 4.74. The Morgan fingerprint density at radius 3 is 2.68 bits per heavy atom. The predicted octanol–water partition coefficient (Wildman–Crippen LogP) is 3.21. The van der Waals surface area contributed by atoms with Crippen molar-refractivity contribution >= 4 is 39.4 Å². The minimum atomic E-state index is -0.511. The fraction of sp³-hybridized carbons (Fsp3) is 0.222. The lowest BCUT2D eigenvalue weighted by Gasteiger charge is -2.16. The van der Waals surface area contributed by atoms with Crippen LogP contribution in [-0.2, 0) is 4.79 Å². The summed E-state index contributed by atoms with van der Waals surface area (Å²) in [6.07, 6.45) is 0.243. The molecule has 2 aromatic heterocycles. The summed E-state index contributed by atoms with van der Waals surface area (Å²) in [4.78, 5) is 26.1. The number of benzene rings is 1. The van der Waals surface area contributed by atoms with Gasteiger partial charge in [-0.25, -0.2) is 0 Å². The lowest BCUT2D eigenvalue weighted by molar-refractivity contribution is -0.117. The zero-order valence-electron chi connectivity index (χ0n) is 14.7. The van der Waals surface area contributed by atoms with Gasteiger partial charge in [-0.1, -0.05) is 5.10 Å². The first-order valence-corrected chi connectivity index (χ1v) is 9.17. The fourth-order valence-electron chi connectivity index (χ4n) is 2.93. The van der Waals surface area contributed by atoms with Gasteiger partial charge in [-0.2, -0.15) is 0 Å². The van der Waals surface area contributed by atoms with Crippen LogP contribution in [0, 0.1) is 0 Å². The number of carbonyl (C=O) groups is 2. The summed E-state index contributed by atoms with van der Waals surface area (Å²) in [6, 6.07) is 10.3. The molecule has 0 spiro atoms. The molecule has 0 bridgehead atoms. The van der Waals surface area contributed by atoms with Crippen LogP contribution in [0.1, 0.15) is 28.8 Å². The third-order valence-electron chi connectivity index (χ3n) is 4.32. The molecule has 1 aromatic carbocycles. The highest BCUT2D eigenvalue weighted by molar-refractivity contribution is 9.10. The number of nitrogens with one attached hydrogen (secondary N) is 1. The molecule has 4 rings (SSSR count). The molecule has 0 saturated carbocycles. The maximum atomic E-state index is 12.4. The Morgan fingerprint density at radius 1 is 1.21 bits per heavy atom. The van der Waals surface area contributed by atoms with Crippen molar-refractivity contribution in [2.45, 2.75) is 12.3 Å². The first-order chi connectivity index (χ1) is 13.5. The molecule has 28 heavy (non-hydrogen) atoms. The number of anilines is 2. The fourth-order valence-corrected chi connectivity index (χ4v) is 3.24. The molecule has 1 N–H and O–H groups in total. The first kappa shape index (κ1) is 18.2. The molecule has 1 aliphatic rings. The average Bonchev–Trinajstić information content (AvgIpc) is 3.42. The number of aromatic nitrogens is 2. The highest BCUT2D eigenvalue weighted by Crippen LogP contribution is 2.32. The summed E-state index contributed by atoms with van der Waals surface area (Å²) in [7, 11) is 1.59. The van der Waals surface area contributed by atoms with E-state index in [1.165, 1.54) is 6.07 Å². The van der Waals surface area contributed by atoms with Gasteiger partial charge >= 0.3 is 6.01 Å². The molecule has 0 unspecified atom stereocenters. The number of carbonyl (C=O) groups excluding carboxylic acids is 2. The summed E-state index contributed by atoms with van der Waals surface area (Å²) in [5.74, 6) is 0.301. The van der Waals surface area contributed by atoms with E-state index in [0.717, 1.165) is 5.69 Å². The Kier molecular flexibility index (Phi) is 4.86. The zero-order chi connectivity index (χ0) is 19.7. The van der Waals surface area contributed by atoms with Gasteiger partial charge in [0.25, 0.3) is 5.91 Å². The van der Waals surface area contributed by atoms with Crippen LogP contribution in [0.15, 0.2) is 49.9 Å². The summed E-state index contributed by atoms with van der Waals surface area (Å²) < 4.78 is 16.3. The number of rotatable bonds is 5. The second-order valence-corrected chi connectivity index (χ2v) is 6.89. The Balaban J connectivity index is 1.44. The summed E-state index contributed by atoms with van der Waals surface area (Å²) in [6.45, 7) is 0.409. The number of ether oxygens (including phenoxy) is 1. The topological polar surface area (TPSA) is 111 Å². The molecule has 3 heterocycles. The van der Waals surface area contributed by atoms with Crippen LogP contribution in [0.3, 0.4) is 0 Å². The largest absolute Gasteiger partial charge is 0.497 e. The molecule has 0 radical (unpaired) electrons. The van der Waals surface area contributed by atoms with E-state index in [0.29, 0.717) is 22.9 Å². The molecule has 1 atom stereocenters. The Hall–Kier alpha value is -3.14. The quantitative estimate of drug-likeness (QED) is 0.640. The van der Waals surface area contributed by atoms with E-state index in [1.807, 2.05) is 12.1 Å². The van der Waals surface area contributed by atoms with E-state index in [1.54, 1.807) is 30.2 Å². The molecular weight excluding hydrogens is 432 g/mol. The van der Waals surface area contributed by atoms with E-state index < -0.39 is 5.91 Å². The van der Waals surface area contributed by atoms with Gasteiger partial charge in [0.15, 0.2) is 10.4 Å². The maximum absolute atomic E-state index is 12.4. The van der Waals surface area contributed by atoms with Crippen molar-refractivity contribution in [2.24, 2.45) is 0 Å². The standard InChI is InChI=1S/C18H15BrN4O5/c1-26-12-4-2-11(3-5-12)23-9-10(8-15(23)24)17-21-22-18(28-17)20-16(25)13-6-7-14(19)27-13/h2-7,10H,8-9H2,1H3,(H,20,22,25)/t10-/m0/s1. The van der Waals surface area contributed by atoms with Crippen molar-refractivity contribution in [1.82, 2.24) is 10.2 Å². The minimum absolute atomic E-state index is 0.0422. The van der Waals surface area contributed by atoms with Crippen molar-refractivity contribution in [3.63, 3.8) is 0 Å². The van der Waals surface area contributed by atoms with Crippen LogP contribution < -0.4 is 15.0 Å². The molecule has 1 fully saturated rings. The van der Waals surface area contributed by atoms with Gasteiger partial charge in [-0.05, 0) is 52.3 Å². The van der Waals surface area contributed by atoms with Crippen LogP contribution in [0.2, 0.25) is 0 Å². The van der Waals surface area contributed by atoms with Crippen molar-refractivity contribution < 1.29 is 23.2 Å². The van der Waals surface area contributed by atoms with E-state index in [9.17, 15) is 9.59 Å². The maximum Gasteiger partial charge on any atom is 0.322 e. The number of nitrogens with zero attached hydrogens (tertiary/aromatic N) is 3. The molecule has 1 saturated heterocycles. The molecule has 9 nitrogen and oxygen atoms in total. The van der Waals surface area contributed by atoms with Crippen LogP contribution in [0.5, 0.6) is 5.75 Å². The molecule has 10 heteroatoms. The highest BCUT2D eigenvalue weighted by atomic mass is 79.9. The highest BCUT2D eigenvalue weighted by Gasteiger charge is 2.35. The van der Waals surface area contributed by atoms with Crippen molar-refractivity contribution in [3.8, 4) is 5.75 Å². The van der Waals surface area contributed by atoms with Gasteiger partial charge in [-0.15, -0.1) is 5.10 Å². The van der Waals surface area contributed by atoms with Gasteiger partial charge in [0.1, 0.15) is 5.75 Å². The van der Waals surface area contributed by atoms with Crippen molar-refractivity contribution in [2.75, 3.05) is 23.9 Å². The minimum Gasteiger partial charge on any atom is -0.497 e. The molecule has 144 valence electrons. The van der Waals surface area contributed by atoms with E-state index >= 15 is 0 Å². The second kappa shape index (κ2) is 7.47. The number of furan rings is 1. The molecule has 1 aliphatic heterocycles. The Bertz CT molecular complexity index is 1010. The number of hydrogen-bond donors (Lipinski definition) is 1. The number of halogens is 1. The monoisotopic (exact) mass is 446 g/mol. The normalized spacial score (nSPS) is 16.4. The average molecular weight is 447 g/mol. The molecular formula is C18H15BrN4O5. The van der Waals surface area contributed by atoms with Crippen LogP contribution >= 0.6 is 15.9 Å². The Morgan fingerprint density at radius 2 is 2.00 bits per heavy atom. The third kappa shape index (κ3) is 3.63. The first-order valence-electron chi connectivity index (χ1n) is 8.38.